The molecule has 1 aliphatic heterocycles. The maximum Gasteiger partial charge on any atom is 0.0309 e. The summed E-state index contributed by atoms with van der Waals surface area (Å²) in [5, 5.41) is 2.24. The third-order valence-electron chi connectivity index (χ3n) is 1.79. The normalized spacial score (nSPS) is 22.0. The Morgan fingerprint density at radius 3 is 3.10 bits per heavy atom. The summed E-state index contributed by atoms with van der Waals surface area (Å²) in [5.41, 5.74) is 3.34. The maximum absolute atomic E-state index is 3.70. The Hall–Kier alpha value is -0.340. The SMILES string of the molecule is C=CCN1CCCCCN1. The highest BCUT2D eigenvalue weighted by Crippen LogP contribution is 2.00. The molecular formula is C8H16N2. The van der Waals surface area contributed by atoms with Crippen molar-refractivity contribution in [3.63, 3.8) is 0 Å². The largest absolute Gasteiger partial charge is 0.255 e. The topological polar surface area (TPSA) is 15.3 Å². The van der Waals surface area contributed by atoms with Crippen molar-refractivity contribution in [2.24, 2.45) is 0 Å². The molecule has 0 aromatic heterocycles. The molecule has 1 heterocycles. The number of nitrogens with one attached hydrogen (secondary N) is 1. The number of rotatable bonds is 2. The van der Waals surface area contributed by atoms with Crippen molar-refractivity contribution in [1.29, 1.82) is 0 Å². The van der Waals surface area contributed by atoms with E-state index >= 15 is 0 Å². The molecule has 1 rings (SSSR count). The van der Waals surface area contributed by atoms with Crippen LogP contribution in [0.2, 0.25) is 0 Å². The lowest BCUT2D eigenvalue weighted by Crippen LogP contribution is -2.37. The number of hydrogen-bond acceptors (Lipinski definition) is 2. The molecule has 0 atom stereocenters. The van der Waals surface area contributed by atoms with Crippen LogP contribution in [0.4, 0.5) is 0 Å². The Labute approximate surface area is 62.9 Å². The monoisotopic (exact) mass is 140 g/mol. The lowest BCUT2D eigenvalue weighted by Gasteiger charge is -2.17. The van der Waals surface area contributed by atoms with Crippen molar-refractivity contribution in [2.45, 2.75) is 19.3 Å². The fraction of sp³-hybridized carbons (Fsp3) is 0.750. The summed E-state index contributed by atoms with van der Waals surface area (Å²) in [4.78, 5) is 0. The standard InChI is InChI=1S/C8H16N2/c1-2-7-10-8-5-3-4-6-9-10/h2,9H,1,3-8H2. The molecule has 0 aromatic carbocycles. The summed E-state index contributed by atoms with van der Waals surface area (Å²) in [6.45, 7) is 6.98. The van der Waals surface area contributed by atoms with Crippen LogP contribution in [-0.4, -0.2) is 24.6 Å². The van der Waals surface area contributed by atoms with Crippen LogP contribution in [0.15, 0.2) is 12.7 Å². The first-order chi connectivity index (χ1) is 4.93. The van der Waals surface area contributed by atoms with Gasteiger partial charge in [-0.05, 0) is 12.8 Å². The van der Waals surface area contributed by atoms with Crippen LogP contribution in [0.5, 0.6) is 0 Å². The van der Waals surface area contributed by atoms with Crippen LogP contribution in [0, 0.1) is 0 Å². The third-order valence-corrected chi connectivity index (χ3v) is 1.79. The summed E-state index contributed by atoms with van der Waals surface area (Å²) in [6, 6.07) is 0. The van der Waals surface area contributed by atoms with E-state index in [-0.39, 0.29) is 0 Å². The lowest BCUT2D eigenvalue weighted by atomic mass is 10.2. The smallest absolute Gasteiger partial charge is 0.0309 e. The van der Waals surface area contributed by atoms with E-state index in [1.54, 1.807) is 0 Å². The highest BCUT2D eigenvalue weighted by molar-refractivity contribution is 4.72. The molecule has 0 bridgehead atoms. The van der Waals surface area contributed by atoms with Crippen LogP contribution >= 0.6 is 0 Å². The van der Waals surface area contributed by atoms with E-state index in [9.17, 15) is 0 Å². The average molecular weight is 140 g/mol. The van der Waals surface area contributed by atoms with Crippen molar-refractivity contribution in [3.8, 4) is 0 Å². The van der Waals surface area contributed by atoms with Crippen LogP contribution in [-0.2, 0) is 0 Å². The molecule has 1 N–H and O–H groups in total. The van der Waals surface area contributed by atoms with Gasteiger partial charge < -0.3 is 0 Å². The van der Waals surface area contributed by atoms with E-state index < -0.39 is 0 Å². The predicted octanol–water partition coefficient (Wildman–Crippen LogP) is 1.16. The van der Waals surface area contributed by atoms with Crippen molar-refractivity contribution < 1.29 is 0 Å². The van der Waals surface area contributed by atoms with Gasteiger partial charge in [-0.3, -0.25) is 5.43 Å². The number of hydrogen-bond donors (Lipinski definition) is 1. The highest BCUT2D eigenvalue weighted by Gasteiger charge is 2.04. The molecule has 0 amide bonds. The zero-order chi connectivity index (χ0) is 7.23. The van der Waals surface area contributed by atoms with Crippen molar-refractivity contribution in [3.05, 3.63) is 12.7 Å². The quantitative estimate of drug-likeness (QED) is 0.579. The minimum Gasteiger partial charge on any atom is -0.255 e. The molecule has 10 heavy (non-hydrogen) atoms. The van der Waals surface area contributed by atoms with E-state index in [2.05, 4.69) is 17.0 Å². The Bertz CT molecular complexity index is 93.4. The minimum atomic E-state index is 0.972. The van der Waals surface area contributed by atoms with Crippen LogP contribution < -0.4 is 5.43 Å². The molecule has 0 saturated carbocycles. The Morgan fingerprint density at radius 1 is 1.40 bits per heavy atom. The fourth-order valence-electron chi connectivity index (χ4n) is 1.23. The van der Waals surface area contributed by atoms with Crippen molar-refractivity contribution in [1.82, 2.24) is 10.4 Å². The molecular weight excluding hydrogens is 124 g/mol. The van der Waals surface area contributed by atoms with Gasteiger partial charge >= 0.3 is 0 Å². The van der Waals surface area contributed by atoms with Crippen LogP contribution in [0.3, 0.4) is 0 Å². The van der Waals surface area contributed by atoms with Crippen molar-refractivity contribution >= 4 is 0 Å². The minimum absolute atomic E-state index is 0.972. The van der Waals surface area contributed by atoms with E-state index in [4.69, 9.17) is 0 Å². The van der Waals surface area contributed by atoms with Gasteiger partial charge in [0.05, 0.1) is 0 Å². The first-order valence-electron chi connectivity index (χ1n) is 4.03. The van der Waals surface area contributed by atoms with E-state index in [0.717, 1.165) is 13.1 Å². The zero-order valence-electron chi connectivity index (χ0n) is 6.47. The average Bonchev–Trinajstić information content (AvgIpc) is 2.17. The molecule has 0 radical (unpaired) electrons. The first-order valence-corrected chi connectivity index (χ1v) is 4.03. The highest BCUT2D eigenvalue weighted by atomic mass is 15.5. The Balaban J connectivity index is 2.21. The summed E-state index contributed by atoms with van der Waals surface area (Å²) in [5.74, 6) is 0. The van der Waals surface area contributed by atoms with Gasteiger partial charge in [0.15, 0.2) is 0 Å². The van der Waals surface area contributed by atoms with Crippen LogP contribution in [0.1, 0.15) is 19.3 Å². The van der Waals surface area contributed by atoms with Crippen LogP contribution in [0.25, 0.3) is 0 Å². The van der Waals surface area contributed by atoms with Crippen molar-refractivity contribution in [2.75, 3.05) is 19.6 Å². The summed E-state index contributed by atoms with van der Waals surface area (Å²) in [6.07, 6.45) is 5.94. The van der Waals surface area contributed by atoms with Gasteiger partial charge in [-0.25, -0.2) is 5.01 Å². The van der Waals surface area contributed by atoms with Gasteiger partial charge in [0.25, 0.3) is 0 Å². The predicted molar refractivity (Wildman–Crippen MR) is 43.6 cm³/mol. The number of hydrazine groups is 1. The van der Waals surface area contributed by atoms with E-state index in [1.807, 2.05) is 6.08 Å². The molecule has 1 fully saturated rings. The Kier molecular flexibility index (Phi) is 3.47. The second kappa shape index (κ2) is 4.47. The summed E-state index contributed by atoms with van der Waals surface area (Å²) < 4.78 is 0. The second-order valence-corrected chi connectivity index (χ2v) is 2.70. The molecule has 1 saturated heterocycles. The molecule has 0 spiro atoms. The van der Waals surface area contributed by atoms with Gasteiger partial charge in [-0.2, -0.15) is 0 Å². The van der Waals surface area contributed by atoms with Gasteiger partial charge in [0.2, 0.25) is 0 Å². The first kappa shape index (κ1) is 7.76. The third kappa shape index (κ3) is 2.50. The fourth-order valence-corrected chi connectivity index (χ4v) is 1.23. The second-order valence-electron chi connectivity index (χ2n) is 2.70. The molecule has 2 nitrogen and oxygen atoms in total. The summed E-state index contributed by atoms with van der Waals surface area (Å²) >= 11 is 0. The molecule has 0 aliphatic carbocycles. The van der Waals surface area contributed by atoms with E-state index in [1.165, 1.54) is 25.8 Å². The molecule has 58 valence electrons. The lowest BCUT2D eigenvalue weighted by molar-refractivity contribution is 0.225. The van der Waals surface area contributed by atoms with Gasteiger partial charge in [0, 0.05) is 19.6 Å². The van der Waals surface area contributed by atoms with Gasteiger partial charge in [-0.15, -0.1) is 6.58 Å². The maximum atomic E-state index is 3.70. The molecule has 2 heteroatoms. The van der Waals surface area contributed by atoms with E-state index in [0.29, 0.717) is 0 Å². The molecule has 0 unspecified atom stereocenters. The molecule has 1 aliphatic rings. The van der Waals surface area contributed by atoms with Gasteiger partial charge in [-0.1, -0.05) is 12.5 Å². The molecule has 0 aromatic rings. The zero-order valence-corrected chi connectivity index (χ0v) is 6.47. The number of nitrogens with zero attached hydrogens (tertiary/aromatic N) is 1. The van der Waals surface area contributed by atoms with Gasteiger partial charge in [0.1, 0.15) is 0 Å². The summed E-state index contributed by atoms with van der Waals surface area (Å²) in [7, 11) is 0. The Morgan fingerprint density at radius 2 is 2.30 bits per heavy atom.